The van der Waals surface area contributed by atoms with Crippen molar-refractivity contribution < 1.29 is 14.3 Å². The highest BCUT2D eigenvalue weighted by atomic mass is 35.5. The van der Waals surface area contributed by atoms with Crippen LogP contribution in [0.3, 0.4) is 0 Å². The Balaban J connectivity index is 1.91. The molecule has 0 heterocycles. The molecule has 0 radical (unpaired) electrons. The van der Waals surface area contributed by atoms with E-state index in [1.54, 1.807) is 43.3 Å². The van der Waals surface area contributed by atoms with E-state index in [1.807, 2.05) is 0 Å². The average Bonchev–Trinajstić information content (AvgIpc) is 2.57. The lowest BCUT2D eigenvalue weighted by Gasteiger charge is -2.16. The van der Waals surface area contributed by atoms with Crippen molar-refractivity contribution in [2.24, 2.45) is 5.73 Å². The molecule has 26 heavy (non-hydrogen) atoms. The first-order valence-electron chi connectivity index (χ1n) is 7.39. The Labute approximate surface area is 165 Å². The van der Waals surface area contributed by atoms with Crippen LogP contribution in [0.25, 0.3) is 0 Å². The Hall–Kier alpha value is -2.35. The molecule has 2 aromatic rings. The van der Waals surface area contributed by atoms with Crippen molar-refractivity contribution in [1.29, 1.82) is 0 Å². The number of amides is 2. The predicted molar refractivity (Wildman–Crippen MR) is 106 cm³/mol. The molecule has 4 N–H and O–H groups in total. The van der Waals surface area contributed by atoms with Crippen molar-refractivity contribution in [2.75, 3.05) is 5.32 Å². The minimum Gasteiger partial charge on any atom is -0.479 e. The fourth-order valence-electron chi connectivity index (χ4n) is 1.91. The van der Waals surface area contributed by atoms with Crippen LogP contribution < -0.4 is 21.1 Å². The van der Waals surface area contributed by atoms with Gasteiger partial charge < -0.3 is 15.8 Å². The van der Waals surface area contributed by atoms with E-state index in [0.29, 0.717) is 27.0 Å². The highest BCUT2D eigenvalue weighted by molar-refractivity contribution is 7.80. The van der Waals surface area contributed by atoms with E-state index in [-0.39, 0.29) is 5.11 Å². The lowest BCUT2D eigenvalue weighted by molar-refractivity contribution is -0.125. The number of halogens is 2. The van der Waals surface area contributed by atoms with Gasteiger partial charge in [-0.2, -0.15) is 0 Å². The van der Waals surface area contributed by atoms with Crippen molar-refractivity contribution in [2.45, 2.75) is 13.0 Å². The molecule has 0 spiro atoms. The summed E-state index contributed by atoms with van der Waals surface area (Å²) in [6, 6.07) is 11.0. The molecule has 136 valence electrons. The molecular formula is C17H15Cl2N3O3S. The van der Waals surface area contributed by atoms with Gasteiger partial charge in [0.15, 0.2) is 11.2 Å². The van der Waals surface area contributed by atoms with Crippen LogP contribution in [0.5, 0.6) is 5.75 Å². The van der Waals surface area contributed by atoms with E-state index in [2.05, 4.69) is 10.6 Å². The molecular weight excluding hydrogens is 397 g/mol. The molecule has 6 nitrogen and oxygen atoms in total. The van der Waals surface area contributed by atoms with Crippen LogP contribution in [0.2, 0.25) is 10.0 Å². The molecule has 0 aliphatic heterocycles. The lowest BCUT2D eigenvalue weighted by atomic mass is 10.2. The number of hydrogen-bond donors (Lipinski definition) is 3. The van der Waals surface area contributed by atoms with Crippen molar-refractivity contribution in [3.05, 3.63) is 58.1 Å². The minimum absolute atomic E-state index is 0.0829. The molecule has 0 saturated carbocycles. The second-order valence-electron chi connectivity index (χ2n) is 5.22. The van der Waals surface area contributed by atoms with Gasteiger partial charge in [-0.15, -0.1) is 0 Å². The number of thiocarbonyl (C=S) groups is 1. The molecule has 2 aromatic carbocycles. The normalized spacial score (nSPS) is 11.3. The topological polar surface area (TPSA) is 93.4 Å². The number of ether oxygens (including phenoxy) is 1. The Kier molecular flexibility index (Phi) is 6.79. The molecule has 0 fully saturated rings. The summed E-state index contributed by atoms with van der Waals surface area (Å²) in [5.41, 5.74) is 6.13. The third kappa shape index (κ3) is 5.59. The molecule has 1 atom stereocenters. The molecule has 0 aromatic heterocycles. The first-order chi connectivity index (χ1) is 12.3. The summed E-state index contributed by atoms with van der Waals surface area (Å²) in [6.07, 6.45) is -0.842. The number of primary amides is 1. The summed E-state index contributed by atoms with van der Waals surface area (Å²) in [6.45, 7) is 1.56. The number of rotatable bonds is 5. The summed E-state index contributed by atoms with van der Waals surface area (Å²) >= 11 is 16.9. The first-order valence-corrected chi connectivity index (χ1v) is 8.56. The van der Waals surface area contributed by atoms with Crippen molar-refractivity contribution >= 4 is 58.0 Å². The Morgan fingerprint density at radius 3 is 2.38 bits per heavy atom. The van der Waals surface area contributed by atoms with Crippen LogP contribution in [-0.2, 0) is 4.79 Å². The molecule has 2 rings (SSSR count). The predicted octanol–water partition coefficient (Wildman–Crippen LogP) is 3.37. The maximum atomic E-state index is 12.2. The maximum Gasteiger partial charge on any atom is 0.266 e. The van der Waals surface area contributed by atoms with E-state index >= 15 is 0 Å². The SMILES string of the molecule is CC(Oc1ccc(Cl)cc1Cl)C(=O)NC(=S)Nc1ccc(C(N)=O)cc1. The lowest BCUT2D eigenvalue weighted by Crippen LogP contribution is -2.42. The smallest absolute Gasteiger partial charge is 0.266 e. The Morgan fingerprint density at radius 1 is 1.15 bits per heavy atom. The van der Waals surface area contributed by atoms with Crippen LogP contribution in [0.4, 0.5) is 5.69 Å². The highest BCUT2D eigenvalue weighted by Crippen LogP contribution is 2.28. The number of benzene rings is 2. The molecule has 0 aliphatic carbocycles. The molecule has 9 heteroatoms. The van der Waals surface area contributed by atoms with Crippen molar-refractivity contribution in [1.82, 2.24) is 5.32 Å². The fraction of sp³-hybridized carbons (Fsp3) is 0.118. The second kappa shape index (κ2) is 8.84. The largest absolute Gasteiger partial charge is 0.479 e. The summed E-state index contributed by atoms with van der Waals surface area (Å²) in [4.78, 5) is 23.2. The van der Waals surface area contributed by atoms with Crippen LogP contribution in [0.1, 0.15) is 17.3 Å². The Morgan fingerprint density at radius 2 is 1.81 bits per heavy atom. The average molecular weight is 412 g/mol. The van der Waals surface area contributed by atoms with Crippen LogP contribution >= 0.6 is 35.4 Å². The van der Waals surface area contributed by atoms with Gasteiger partial charge in [-0.3, -0.25) is 14.9 Å². The van der Waals surface area contributed by atoms with Gasteiger partial charge in [0, 0.05) is 16.3 Å². The van der Waals surface area contributed by atoms with Gasteiger partial charge in [0.2, 0.25) is 5.91 Å². The molecule has 2 amide bonds. The first kappa shape index (κ1) is 20.0. The van der Waals surface area contributed by atoms with E-state index in [0.717, 1.165) is 0 Å². The highest BCUT2D eigenvalue weighted by Gasteiger charge is 2.17. The van der Waals surface area contributed by atoms with Gasteiger partial charge in [-0.05, 0) is 61.6 Å². The standard InChI is InChI=1S/C17H15Cl2N3O3S/c1-9(25-14-7-4-11(18)8-13(14)19)16(24)22-17(26)21-12-5-2-10(3-6-12)15(20)23/h2-9H,1H3,(H2,20,23)(H2,21,22,24,26). The van der Waals surface area contributed by atoms with Crippen LogP contribution in [0, 0.1) is 0 Å². The molecule has 0 aliphatic rings. The second-order valence-corrected chi connectivity index (χ2v) is 6.47. The summed E-state index contributed by atoms with van der Waals surface area (Å²) in [5, 5.41) is 6.18. The molecule has 1 unspecified atom stereocenters. The zero-order chi connectivity index (χ0) is 19.3. The van der Waals surface area contributed by atoms with Crippen molar-refractivity contribution in [3.8, 4) is 5.75 Å². The summed E-state index contributed by atoms with van der Waals surface area (Å²) < 4.78 is 5.51. The number of carbonyl (C=O) groups excluding carboxylic acids is 2. The van der Waals surface area contributed by atoms with E-state index in [9.17, 15) is 9.59 Å². The number of nitrogens with two attached hydrogens (primary N) is 1. The van der Waals surface area contributed by atoms with Gasteiger partial charge in [-0.25, -0.2) is 0 Å². The molecule has 0 saturated heterocycles. The number of hydrogen-bond acceptors (Lipinski definition) is 4. The zero-order valence-corrected chi connectivity index (χ0v) is 15.9. The quantitative estimate of drug-likeness (QED) is 0.655. The van der Waals surface area contributed by atoms with Gasteiger partial charge >= 0.3 is 0 Å². The van der Waals surface area contributed by atoms with Gasteiger partial charge in [-0.1, -0.05) is 23.2 Å². The maximum absolute atomic E-state index is 12.2. The van der Waals surface area contributed by atoms with E-state index in [4.69, 9.17) is 45.9 Å². The van der Waals surface area contributed by atoms with Gasteiger partial charge in [0.05, 0.1) is 5.02 Å². The third-order valence-corrected chi connectivity index (χ3v) is 3.97. The van der Waals surface area contributed by atoms with Crippen molar-refractivity contribution in [3.63, 3.8) is 0 Å². The van der Waals surface area contributed by atoms with E-state index in [1.165, 1.54) is 6.07 Å². The van der Waals surface area contributed by atoms with E-state index < -0.39 is 17.9 Å². The van der Waals surface area contributed by atoms with Crippen LogP contribution in [0.15, 0.2) is 42.5 Å². The number of nitrogens with one attached hydrogen (secondary N) is 2. The minimum atomic E-state index is -0.842. The fourth-order valence-corrected chi connectivity index (χ4v) is 2.58. The Bertz CT molecular complexity index is 844. The summed E-state index contributed by atoms with van der Waals surface area (Å²) in [7, 11) is 0. The zero-order valence-electron chi connectivity index (χ0n) is 13.6. The summed E-state index contributed by atoms with van der Waals surface area (Å²) in [5.74, 6) is -0.652. The monoisotopic (exact) mass is 411 g/mol. The third-order valence-electron chi connectivity index (χ3n) is 3.23. The van der Waals surface area contributed by atoms with Gasteiger partial charge in [0.25, 0.3) is 5.91 Å². The number of carbonyl (C=O) groups is 2. The molecule has 0 bridgehead atoms. The van der Waals surface area contributed by atoms with Crippen LogP contribution in [-0.4, -0.2) is 23.0 Å². The van der Waals surface area contributed by atoms with Gasteiger partial charge in [0.1, 0.15) is 5.75 Å². The number of anilines is 1.